The quantitative estimate of drug-likeness (QED) is 0.743. The number of aromatic carboxylic acids is 1. The Balaban J connectivity index is 2.73. The van der Waals surface area contributed by atoms with Crippen molar-refractivity contribution in [2.24, 2.45) is 5.92 Å². The molecule has 0 radical (unpaired) electrons. The van der Waals surface area contributed by atoms with Crippen LogP contribution in [0.5, 0.6) is 11.5 Å². The van der Waals surface area contributed by atoms with Crippen molar-refractivity contribution in [1.29, 1.82) is 0 Å². The molecule has 0 fully saturated rings. The molecule has 0 saturated heterocycles. The maximum Gasteiger partial charge on any atom is 0.339 e. The van der Waals surface area contributed by atoms with Crippen LogP contribution in [0.4, 0.5) is 0 Å². The second-order valence-electron chi connectivity index (χ2n) is 4.89. The van der Waals surface area contributed by atoms with Crippen molar-refractivity contribution in [1.82, 2.24) is 0 Å². The largest absolute Gasteiger partial charge is 0.497 e. The first kappa shape index (κ1) is 16.3. The predicted molar refractivity (Wildman–Crippen MR) is 78.8 cm³/mol. The fourth-order valence-corrected chi connectivity index (χ4v) is 2.03. The van der Waals surface area contributed by atoms with Crippen LogP contribution in [0.1, 0.15) is 49.9 Å². The fourth-order valence-electron chi connectivity index (χ4n) is 2.03. The molecule has 4 nitrogen and oxygen atoms in total. The minimum atomic E-state index is -1.000. The van der Waals surface area contributed by atoms with Crippen LogP contribution >= 0.6 is 0 Å². The molecule has 1 atom stereocenters. The molecule has 1 rings (SSSR count). The Bertz CT molecular complexity index is 428. The zero-order valence-corrected chi connectivity index (χ0v) is 12.5. The highest BCUT2D eigenvalue weighted by Crippen LogP contribution is 2.25. The molecule has 1 aromatic rings. The minimum absolute atomic E-state index is 0.148. The van der Waals surface area contributed by atoms with Gasteiger partial charge in [0.05, 0.1) is 13.7 Å². The first-order valence-corrected chi connectivity index (χ1v) is 7.16. The van der Waals surface area contributed by atoms with Crippen LogP contribution in [0.25, 0.3) is 0 Å². The van der Waals surface area contributed by atoms with Crippen molar-refractivity contribution in [2.45, 2.75) is 39.5 Å². The molecule has 112 valence electrons. The van der Waals surface area contributed by atoms with Gasteiger partial charge in [0.2, 0.25) is 0 Å². The van der Waals surface area contributed by atoms with Gasteiger partial charge >= 0.3 is 5.97 Å². The Morgan fingerprint density at radius 2 is 2.10 bits per heavy atom. The van der Waals surface area contributed by atoms with E-state index in [9.17, 15) is 9.90 Å². The number of methoxy groups -OCH3 is 1. The van der Waals surface area contributed by atoms with Gasteiger partial charge in [-0.2, -0.15) is 0 Å². The lowest BCUT2D eigenvalue weighted by atomic mass is 10.0. The van der Waals surface area contributed by atoms with Crippen molar-refractivity contribution in [2.75, 3.05) is 13.7 Å². The molecular formula is C16H24O4. The van der Waals surface area contributed by atoms with Gasteiger partial charge in [-0.05, 0) is 30.5 Å². The van der Waals surface area contributed by atoms with Crippen molar-refractivity contribution in [3.8, 4) is 11.5 Å². The number of carboxylic acids is 1. The van der Waals surface area contributed by atoms with E-state index in [2.05, 4.69) is 13.8 Å². The van der Waals surface area contributed by atoms with Crippen LogP contribution in [0.3, 0.4) is 0 Å². The molecule has 0 aliphatic heterocycles. The van der Waals surface area contributed by atoms with Crippen LogP contribution in [0.2, 0.25) is 0 Å². The number of carboxylic acid groups (broad SMARTS) is 1. The van der Waals surface area contributed by atoms with Crippen LogP contribution in [0, 0.1) is 5.92 Å². The average Bonchev–Trinajstić information content (AvgIpc) is 2.47. The van der Waals surface area contributed by atoms with Crippen molar-refractivity contribution >= 4 is 5.97 Å². The predicted octanol–water partition coefficient (Wildman–Crippen LogP) is 3.99. The SMILES string of the molecule is CCCCC(CC)COc1ccc(OC)cc1C(=O)O. The second kappa shape index (κ2) is 8.46. The van der Waals surface area contributed by atoms with Crippen LogP contribution in [-0.2, 0) is 0 Å². The molecule has 0 aromatic heterocycles. The average molecular weight is 280 g/mol. The summed E-state index contributed by atoms with van der Waals surface area (Å²) in [6.45, 7) is 4.86. The number of ether oxygens (including phenoxy) is 2. The lowest BCUT2D eigenvalue weighted by Gasteiger charge is -2.17. The Hall–Kier alpha value is -1.71. The van der Waals surface area contributed by atoms with Crippen molar-refractivity contribution < 1.29 is 19.4 Å². The molecule has 0 spiro atoms. The standard InChI is InChI=1S/C16H24O4/c1-4-6-7-12(5-2)11-20-15-9-8-13(19-3)10-14(15)16(17)18/h8-10,12H,4-7,11H2,1-3H3,(H,17,18). The third-order valence-corrected chi connectivity index (χ3v) is 3.43. The summed E-state index contributed by atoms with van der Waals surface area (Å²) in [5.41, 5.74) is 0.148. The van der Waals surface area contributed by atoms with Gasteiger partial charge in [-0.3, -0.25) is 0 Å². The number of hydrogen-bond donors (Lipinski definition) is 1. The summed E-state index contributed by atoms with van der Waals surface area (Å²) in [5, 5.41) is 9.21. The molecule has 1 aromatic carbocycles. The normalized spacial score (nSPS) is 11.9. The molecule has 0 aliphatic rings. The second-order valence-corrected chi connectivity index (χ2v) is 4.89. The Morgan fingerprint density at radius 3 is 2.65 bits per heavy atom. The third kappa shape index (κ3) is 4.76. The molecule has 20 heavy (non-hydrogen) atoms. The van der Waals surface area contributed by atoms with E-state index in [1.807, 2.05) is 0 Å². The van der Waals surface area contributed by atoms with Crippen LogP contribution in [-0.4, -0.2) is 24.8 Å². The molecule has 1 N–H and O–H groups in total. The lowest BCUT2D eigenvalue weighted by Crippen LogP contribution is -2.13. The van der Waals surface area contributed by atoms with E-state index in [1.54, 1.807) is 12.1 Å². The zero-order chi connectivity index (χ0) is 15.0. The summed E-state index contributed by atoms with van der Waals surface area (Å²) >= 11 is 0. The van der Waals surface area contributed by atoms with Gasteiger partial charge in [-0.15, -0.1) is 0 Å². The van der Waals surface area contributed by atoms with E-state index in [0.717, 1.165) is 12.8 Å². The van der Waals surface area contributed by atoms with E-state index in [4.69, 9.17) is 9.47 Å². The number of carbonyl (C=O) groups is 1. The Morgan fingerprint density at radius 1 is 1.35 bits per heavy atom. The zero-order valence-electron chi connectivity index (χ0n) is 12.5. The smallest absolute Gasteiger partial charge is 0.339 e. The lowest BCUT2D eigenvalue weighted by molar-refractivity contribution is 0.0690. The monoisotopic (exact) mass is 280 g/mol. The highest BCUT2D eigenvalue weighted by molar-refractivity contribution is 5.91. The maximum atomic E-state index is 11.2. The third-order valence-electron chi connectivity index (χ3n) is 3.43. The van der Waals surface area contributed by atoms with Gasteiger partial charge in [0, 0.05) is 0 Å². The van der Waals surface area contributed by atoms with Gasteiger partial charge in [0.15, 0.2) is 0 Å². The Kier molecular flexibility index (Phi) is 6.91. The molecule has 0 bridgehead atoms. The van der Waals surface area contributed by atoms with Crippen molar-refractivity contribution in [3.05, 3.63) is 23.8 Å². The highest BCUT2D eigenvalue weighted by atomic mass is 16.5. The van der Waals surface area contributed by atoms with Crippen molar-refractivity contribution in [3.63, 3.8) is 0 Å². The summed E-state index contributed by atoms with van der Waals surface area (Å²) in [5.74, 6) is 0.403. The molecule has 0 aliphatic carbocycles. The summed E-state index contributed by atoms with van der Waals surface area (Å²) in [6.07, 6.45) is 4.50. The molecule has 1 unspecified atom stereocenters. The molecule has 0 saturated carbocycles. The highest BCUT2D eigenvalue weighted by Gasteiger charge is 2.14. The molecule has 0 heterocycles. The number of benzene rings is 1. The maximum absolute atomic E-state index is 11.2. The minimum Gasteiger partial charge on any atom is -0.497 e. The van der Waals surface area contributed by atoms with Gasteiger partial charge < -0.3 is 14.6 Å². The molecule has 4 heteroatoms. The van der Waals surface area contributed by atoms with Crippen LogP contribution < -0.4 is 9.47 Å². The molecular weight excluding hydrogens is 256 g/mol. The number of hydrogen-bond acceptors (Lipinski definition) is 3. The summed E-state index contributed by atoms with van der Waals surface area (Å²) < 4.78 is 10.8. The molecule has 0 amide bonds. The fraction of sp³-hybridized carbons (Fsp3) is 0.562. The van der Waals surface area contributed by atoms with Gasteiger partial charge in [0.25, 0.3) is 0 Å². The first-order valence-electron chi connectivity index (χ1n) is 7.16. The van der Waals surface area contributed by atoms with E-state index in [0.29, 0.717) is 24.0 Å². The van der Waals surface area contributed by atoms with Crippen LogP contribution in [0.15, 0.2) is 18.2 Å². The van der Waals surface area contributed by atoms with E-state index in [1.165, 1.54) is 26.0 Å². The summed E-state index contributed by atoms with van der Waals surface area (Å²) in [6, 6.07) is 4.87. The van der Waals surface area contributed by atoms with E-state index in [-0.39, 0.29) is 5.56 Å². The van der Waals surface area contributed by atoms with Gasteiger partial charge in [0.1, 0.15) is 17.1 Å². The topological polar surface area (TPSA) is 55.8 Å². The number of unbranched alkanes of at least 4 members (excludes halogenated alkanes) is 1. The van der Waals surface area contributed by atoms with Gasteiger partial charge in [-0.1, -0.05) is 33.1 Å². The summed E-state index contributed by atoms with van der Waals surface area (Å²) in [7, 11) is 1.51. The Labute approximate surface area is 120 Å². The number of rotatable bonds is 9. The van der Waals surface area contributed by atoms with Gasteiger partial charge in [-0.25, -0.2) is 4.79 Å². The van der Waals surface area contributed by atoms with E-state index >= 15 is 0 Å². The van der Waals surface area contributed by atoms with E-state index < -0.39 is 5.97 Å². The first-order chi connectivity index (χ1) is 9.62. The summed E-state index contributed by atoms with van der Waals surface area (Å²) in [4.78, 5) is 11.2.